The average Bonchev–Trinajstić information content (AvgIpc) is 2.85. The Hall–Kier alpha value is -2.20. The lowest BCUT2D eigenvalue weighted by molar-refractivity contribution is -0.148. The number of nitrogens with zero attached hydrogens (tertiary/aromatic N) is 1. The van der Waals surface area contributed by atoms with Gasteiger partial charge in [0.25, 0.3) is 0 Å². The van der Waals surface area contributed by atoms with Gasteiger partial charge in [-0.05, 0) is 64.5 Å². The molecule has 0 amide bonds. The Morgan fingerprint density at radius 1 is 0.632 bits per heavy atom. The maximum atomic E-state index is 11.2. The largest absolute Gasteiger partial charge is 0.465 e. The summed E-state index contributed by atoms with van der Waals surface area (Å²) in [6.45, 7) is 8.33. The van der Waals surface area contributed by atoms with Crippen molar-refractivity contribution in [2.75, 3.05) is 39.5 Å². The summed E-state index contributed by atoms with van der Waals surface area (Å²) in [6, 6.07) is 0.439. The summed E-state index contributed by atoms with van der Waals surface area (Å²) < 4.78 is 20.6. The van der Waals surface area contributed by atoms with Crippen molar-refractivity contribution in [3.8, 4) is 0 Å². The molecule has 1 fully saturated rings. The van der Waals surface area contributed by atoms with Gasteiger partial charge in [0.2, 0.25) is 0 Å². The van der Waals surface area contributed by atoms with E-state index in [0.29, 0.717) is 6.04 Å². The number of aliphatic hydroxyl groups is 1. The number of rotatable bonds is 19. The van der Waals surface area contributed by atoms with E-state index in [1.54, 1.807) is 0 Å². The summed E-state index contributed by atoms with van der Waals surface area (Å²) in [5.74, 6) is -1.41. The highest BCUT2D eigenvalue weighted by molar-refractivity contribution is 5.67. The molecule has 0 aromatic rings. The molecule has 0 unspecified atom stereocenters. The predicted octanol–water partition coefficient (Wildman–Crippen LogP) is 3.42. The lowest BCUT2D eigenvalue weighted by atomic mass is 9.91. The zero-order chi connectivity index (χ0) is 28.3. The minimum Gasteiger partial charge on any atom is -0.465 e. The molecule has 220 valence electrons. The molecule has 0 aliphatic heterocycles. The van der Waals surface area contributed by atoms with E-state index in [0.717, 1.165) is 77.3 Å². The first kappa shape index (κ1) is 33.8. The third-order valence-corrected chi connectivity index (χ3v) is 6.89. The maximum Gasteiger partial charge on any atom is 0.302 e. The second-order valence-corrected chi connectivity index (χ2v) is 10.4. The first-order chi connectivity index (χ1) is 18.1. The van der Waals surface area contributed by atoms with Crippen LogP contribution in [0.4, 0.5) is 0 Å². The molecule has 0 heterocycles. The number of unbranched alkanes of at least 4 members (excludes halogenated alkanes) is 2. The summed E-state index contributed by atoms with van der Waals surface area (Å²) in [4.78, 5) is 47.3. The van der Waals surface area contributed by atoms with Gasteiger partial charge in [-0.1, -0.05) is 12.8 Å². The van der Waals surface area contributed by atoms with Gasteiger partial charge in [-0.3, -0.25) is 19.2 Å². The fraction of sp³-hybridized carbons (Fsp3) is 0.857. The molecular weight excluding hydrogens is 494 g/mol. The zero-order valence-corrected chi connectivity index (χ0v) is 23.8. The third kappa shape index (κ3) is 17.3. The van der Waals surface area contributed by atoms with Crippen molar-refractivity contribution in [3.63, 3.8) is 0 Å². The molecule has 1 saturated carbocycles. The summed E-state index contributed by atoms with van der Waals surface area (Å²) in [5.41, 5.74) is 0. The second kappa shape index (κ2) is 19.8. The number of hydrogen-bond acceptors (Lipinski definition) is 10. The highest BCUT2D eigenvalue weighted by Gasteiger charge is 2.25. The summed E-state index contributed by atoms with van der Waals surface area (Å²) in [6.07, 6.45) is 8.76. The molecule has 0 bridgehead atoms. The molecule has 1 rings (SSSR count). The van der Waals surface area contributed by atoms with Gasteiger partial charge in [0, 0.05) is 45.6 Å². The Balaban J connectivity index is 2.56. The summed E-state index contributed by atoms with van der Waals surface area (Å²) >= 11 is 0. The Bertz CT molecular complexity index is 622. The van der Waals surface area contributed by atoms with Gasteiger partial charge < -0.3 is 29.0 Å². The smallest absolute Gasteiger partial charge is 0.302 e. The van der Waals surface area contributed by atoms with Gasteiger partial charge in [-0.15, -0.1) is 0 Å². The van der Waals surface area contributed by atoms with Crippen molar-refractivity contribution >= 4 is 23.9 Å². The average molecular weight is 544 g/mol. The van der Waals surface area contributed by atoms with Crippen molar-refractivity contribution in [3.05, 3.63) is 0 Å². The number of aliphatic hydroxyl groups excluding tert-OH is 1. The quantitative estimate of drug-likeness (QED) is 0.147. The molecule has 10 heteroatoms. The van der Waals surface area contributed by atoms with Gasteiger partial charge in [-0.2, -0.15) is 0 Å². The molecule has 1 N–H and O–H groups in total. The van der Waals surface area contributed by atoms with E-state index >= 15 is 0 Å². The fourth-order valence-electron chi connectivity index (χ4n) is 4.77. The second-order valence-electron chi connectivity index (χ2n) is 10.4. The molecule has 0 aromatic heterocycles. The summed E-state index contributed by atoms with van der Waals surface area (Å²) in [5, 5.41) is 9.96. The van der Waals surface area contributed by atoms with E-state index in [-0.39, 0.29) is 68.2 Å². The van der Waals surface area contributed by atoms with Gasteiger partial charge in [0.15, 0.2) is 0 Å². The van der Waals surface area contributed by atoms with E-state index in [9.17, 15) is 24.3 Å². The van der Waals surface area contributed by atoms with Crippen LogP contribution in [0.3, 0.4) is 0 Å². The first-order valence-corrected chi connectivity index (χ1v) is 14.0. The molecular formula is C28H49NO9. The minimum absolute atomic E-state index is 0.0209. The van der Waals surface area contributed by atoms with Gasteiger partial charge >= 0.3 is 23.9 Å². The van der Waals surface area contributed by atoms with E-state index < -0.39 is 0 Å². The van der Waals surface area contributed by atoms with Crippen LogP contribution < -0.4 is 0 Å². The van der Waals surface area contributed by atoms with Crippen LogP contribution in [-0.2, 0) is 38.1 Å². The van der Waals surface area contributed by atoms with Crippen LogP contribution in [0.2, 0.25) is 0 Å². The SMILES string of the molecule is CC(=O)OCC(CCCCN(CCCCC(COC(C)=O)COC(C)=O)C1CCC(O)CC1)COC(C)=O. The molecule has 0 aromatic carbocycles. The topological polar surface area (TPSA) is 129 Å². The molecule has 0 saturated heterocycles. The fourth-order valence-corrected chi connectivity index (χ4v) is 4.77. The maximum absolute atomic E-state index is 11.2. The third-order valence-electron chi connectivity index (χ3n) is 6.89. The van der Waals surface area contributed by atoms with Gasteiger partial charge in [0.05, 0.1) is 32.5 Å². The molecule has 0 radical (unpaired) electrons. The molecule has 1 aliphatic rings. The zero-order valence-electron chi connectivity index (χ0n) is 23.8. The van der Waals surface area contributed by atoms with E-state index in [2.05, 4.69) is 4.90 Å². The number of carbonyl (C=O) groups excluding carboxylic acids is 4. The first-order valence-electron chi connectivity index (χ1n) is 14.0. The van der Waals surface area contributed by atoms with Crippen molar-refractivity contribution in [2.45, 2.75) is 104 Å². The molecule has 0 atom stereocenters. The Morgan fingerprint density at radius 3 is 1.29 bits per heavy atom. The predicted molar refractivity (Wildman–Crippen MR) is 141 cm³/mol. The number of carbonyl (C=O) groups is 4. The highest BCUT2D eigenvalue weighted by atomic mass is 16.6. The lowest BCUT2D eigenvalue weighted by Crippen LogP contribution is -2.40. The van der Waals surface area contributed by atoms with Crippen molar-refractivity contribution in [1.29, 1.82) is 0 Å². The lowest BCUT2D eigenvalue weighted by Gasteiger charge is -2.36. The van der Waals surface area contributed by atoms with E-state index in [1.165, 1.54) is 27.7 Å². The van der Waals surface area contributed by atoms with Crippen LogP contribution in [0.25, 0.3) is 0 Å². The van der Waals surface area contributed by atoms with E-state index in [1.807, 2.05) is 0 Å². The van der Waals surface area contributed by atoms with Crippen LogP contribution >= 0.6 is 0 Å². The van der Waals surface area contributed by atoms with Crippen molar-refractivity contribution in [1.82, 2.24) is 4.90 Å². The van der Waals surface area contributed by atoms with E-state index in [4.69, 9.17) is 18.9 Å². The van der Waals surface area contributed by atoms with Gasteiger partial charge in [0.1, 0.15) is 0 Å². The van der Waals surface area contributed by atoms with Crippen LogP contribution in [0.1, 0.15) is 91.9 Å². The highest BCUT2D eigenvalue weighted by Crippen LogP contribution is 2.25. The van der Waals surface area contributed by atoms with Crippen LogP contribution in [0.15, 0.2) is 0 Å². The van der Waals surface area contributed by atoms with Crippen LogP contribution in [-0.4, -0.2) is 85.5 Å². The van der Waals surface area contributed by atoms with Crippen LogP contribution in [0, 0.1) is 11.8 Å². The summed E-state index contributed by atoms with van der Waals surface area (Å²) in [7, 11) is 0. The number of ether oxygens (including phenoxy) is 4. The number of esters is 4. The molecule has 38 heavy (non-hydrogen) atoms. The van der Waals surface area contributed by atoms with Crippen LogP contribution in [0.5, 0.6) is 0 Å². The Kier molecular flexibility index (Phi) is 17.6. The Labute approximate surface area is 227 Å². The van der Waals surface area contributed by atoms with Gasteiger partial charge in [-0.25, -0.2) is 0 Å². The monoisotopic (exact) mass is 543 g/mol. The Morgan fingerprint density at radius 2 is 0.974 bits per heavy atom. The molecule has 0 spiro atoms. The molecule has 10 nitrogen and oxygen atoms in total. The standard InChI is InChI=1S/C28H49NO9/c1-21(30)35-17-25(18-36-22(2)31)9-5-7-15-29(27-11-13-28(34)14-12-27)16-8-6-10-26(19-37-23(3)32)20-38-24(4)33/h25-28,34H,5-20H2,1-4H3. The van der Waals surface area contributed by atoms with Crippen molar-refractivity contribution in [2.24, 2.45) is 11.8 Å². The minimum atomic E-state index is -0.341. The number of hydrogen-bond donors (Lipinski definition) is 1. The normalized spacial score (nSPS) is 17.5. The molecule has 1 aliphatic carbocycles. The van der Waals surface area contributed by atoms with Crippen molar-refractivity contribution < 1.29 is 43.2 Å².